The van der Waals surface area contributed by atoms with Gasteiger partial charge in [0.05, 0.1) is 6.04 Å². The topological polar surface area (TPSA) is 24.4 Å². The van der Waals surface area contributed by atoms with Crippen molar-refractivity contribution in [2.75, 3.05) is 5.75 Å². The Morgan fingerprint density at radius 2 is 2.08 bits per heavy atom. The van der Waals surface area contributed by atoms with Crippen LogP contribution in [0.5, 0.6) is 0 Å². The normalized spacial score (nSPS) is 28.8. The maximum Gasteiger partial charge on any atom is 0.157 e. The highest BCUT2D eigenvalue weighted by molar-refractivity contribution is 8.14. The van der Waals surface area contributed by atoms with Crippen LogP contribution < -0.4 is 5.32 Å². The summed E-state index contributed by atoms with van der Waals surface area (Å²) >= 11 is 1.88. The van der Waals surface area contributed by atoms with Crippen LogP contribution in [0, 0.1) is 5.41 Å². The van der Waals surface area contributed by atoms with E-state index in [0.29, 0.717) is 11.5 Å². The summed E-state index contributed by atoms with van der Waals surface area (Å²) in [6, 6.07) is 1.24. The van der Waals surface area contributed by atoms with Gasteiger partial charge in [-0.15, -0.1) is 0 Å². The summed E-state index contributed by atoms with van der Waals surface area (Å²) in [6.07, 6.45) is 2.67. The lowest BCUT2D eigenvalue weighted by molar-refractivity contribution is 0.348. The van der Waals surface area contributed by atoms with Crippen molar-refractivity contribution in [3.05, 3.63) is 0 Å². The molecule has 2 rings (SSSR count). The van der Waals surface area contributed by atoms with Crippen LogP contribution in [0.2, 0.25) is 0 Å². The van der Waals surface area contributed by atoms with Gasteiger partial charge in [0, 0.05) is 11.8 Å². The first-order valence-corrected chi connectivity index (χ1v) is 6.01. The molecule has 1 N–H and O–H groups in total. The molecule has 1 atom stereocenters. The van der Waals surface area contributed by atoms with Crippen molar-refractivity contribution in [1.29, 1.82) is 0 Å². The van der Waals surface area contributed by atoms with Crippen molar-refractivity contribution in [2.24, 2.45) is 10.4 Å². The highest BCUT2D eigenvalue weighted by Gasteiger charge is 2.31. The zero-order valence-corrected chi connectivity index (χ0v) is 9.45. The number of nitrogens with zero attached hydrogens (tertiary/aromatic N) is 1. The van der Waals surface area contributed by atoms with Gasteiger partial charge in [0.15, 0.2) is 5.17 Å². The summed E-state index contributed by atoms with van der Waals surface area (Å²) in [5, 5.41) is 4.65. The molecule has 0 aromatic rings. The lowest BCUT2D eigenvalue weighted by Crippen LogP contribution is -2.25. The summed E-state index contributed by atoms with van der Waals surface area (Å²) in [7, 11) is 0. The molecule has 0 aromatic heterocycles. The number of hydrogen-bond donors (Lipinski definition) is 1. The fraction of sp³-hybridized carbons (Fsp3) is 0.900. The molecule has 0 bridgehead atoms. The molecule has 0 amide bonds. The van der Waals surface area contributed by atoms with Crippen molar-refractivity contribution in [2.45, 2.75) is 45.7 Å². The average Bonchev–Trinajstić information content (AvgIpc) is 2.63. The van der Waals surface area contributed by atoms with Gasteiger partial charge in [-0.25, -0.2) is 0 Å². The van der Waals surface area contributed by atoms with E-state index in [4.69, 9.17) is 4.99 Å². The Labute approximate surface area is 84.6 Å². The minimum absolute atomic E-state index is 0.319. The predicted octanol–water partition coefficient (Wildman–Crippen LogP) is 2.26. The number of hydrogen-bond acceptors (Lipinski definition) is 3. The third-order valence-corrected chi connectivity index (χ3v) is 3.53. The van der Waals surface area contributed by atoms with E-state index in [2.05, 4.69) is 26.1 Å². The summed E-state index contributed by atoms with van der Waals surface area (Å²) < 4.78 is 0. The van der Waals surface area contributed by atoms with Gasteiger partial charge in [-0.05, 0) is 18.3 Å². The summed E-state index contributed by atoms with van der Waals surface area (Å²) in [5.74, 6) is 1.15. The van der Waals surface area contributed by atoms with E-state index in [1.807, 2.05) is 11.8 Å². The van der Waals surface area contributed by atoms with Crippen molar-refractivity contribution < 1.29 is 0 Å². The molecule has 0 aromatic carbocycles. The molecule has 1 saturated carbocycles. The zero-order valence-electron chi connectivity index (χ0n) is 8.63. The molecule has 0 radical (unpaired) electrons. The smallest absolute Gasteiger partial charge is 0.157 e. The molecule has 0 saturated heterocycles. The SMILES string of the molecule is CC(C)(C)C1CSC(NC2CC2)=N1. The molecule has 1 aliphatic carbocycles. The molecule has 74 valence electrons. The van der Waals surface area contributed by atoms with Crippen LogP contribution in [0.15, 0.2) is 4.99 Å². The molecule has 1 aliphatic heterocycles. The van der Waals surface area contributed by atoms with E-state index in [-0.39, 0.29) is 0 Å². The predicted molar refractivity (Wildman–Crippen MR) is 59.3 cm³/mol. The molecular formula is C10H18N2S. The van der Waals surface area contributed by atoms with Crippen molar-refractivity contribution >= 4 is 16.9 Å². The third kappa shape index (κ3) is 2.39. The maximum absolute atomic E-state index is 4.71. The molecule has 2 aliphatic rings. The molecule has 2 nitrogen and oxygen atoms in total. The van der Waals surface area contributed by atoms with Crippen LogP contribution in [0.25, 0.3) is 0 Å². The van der Waals surface area contributed by atoms with E-state index in [0.717, 1.165) is 11.8 Å². The standard InChI is InChI=1S/C10H18N2S/c1-10(2,3)8-6-13-9(12-8)11-7-4-5-7/h7-8H,4-6H2,1-3H3,(H,11,12). The minimum Gasteiger partial charge on any atom is -0.362 e. The van der Waals surface area contributed by atoms with Crippen molar-refractivity contribution in [3.8, 4) is 0 Å². The van der Waals surface area contributed by atoms with Gasteiger partial charge in [-0.2, -0.15) is 0 Å². The second-order valence-electron chi connectivity index (χ2n) is 5.05. The van der Waals surface area contributed by atoms with E-state index < -0.39 is 0 Å². The zero-order chi connectivity index (χ0) is 9.47. The van der Waals surface area contributed by atoms with Crippen LogP contribution in [0.1, 0.15) is 33.6 Å². The van der Waals surface area contributed by atoms with Gasteiger partial charge in [-0.3, -0.25) is 4.99 Å². The van der Waals surface area contributed by atoms with Gasteiger partial charge >= 0.3 is 0 Å². The first kappa shape index (κ1) is 9.38. The fourth-order valence-corrected chi connectivity index (χ4v) is 2.64. The minimum atomic E-state index is 0.319. The fourth-order valence-electron chi connectivity index (χ4n) is 1.30. The third-order valence-electron chi connectivity index (χ3n) is 2.56. The van der Waals surface area contributed by atoms with E-state index in [9.17, 15) is 0 Å². The molecule has 1 heterocycles. The van der Waals surface area contributed by atoms with Crippen LogP contribution >= 0.6 is 11.8 Å². The molecule has 1 fully saturated rings. The van der Waals surface area contributed by atoms with Crippen molar-refractivity contribution in [1.82, 2.24) is 5.32 Å². The Hall–Kier alpha value is -0.180. The van der Waals surface area contributed by atoms with E-state index in [1.54, 1.807) is 0 Å². The highest BCUT2D eigenvalue weighted by Crippen LogP contribution is 2.31. The first-order chi connectivity index (χ1) is 6.05. The quantitative estimate of drug-likeness (QED) is 0.699. The van der Waals surface area contributed by atoms with Gasteiger partial charge in [0.25, 0.3) is 0 Å². The Bertz CT molecular complexity index is 226. The van der Waals surface area contributed by atoms with E-state index in [1.165, 1.54) is 18.0 Å². The first-order valence-electron chi connectivity index (χ1n) is 5.03. The Morgan fingerprint density at radius 1 is 1.38 bits per heavy atom. The Kier molecular flexibility index (Phi) is 2.30. The Balaban J connectivity index is 1.92. The van der Waals surface area contributed by atoms with Gasteiger partial charge in [0.1, 0.15) is 0 Å². The maximum atomic E-state index is 4.71. The summed E-state index contributed by atoms with van der Waals surface area (Å²) in [6.45, 7) is 6.80. The number of thioether (sulfide) groups is 1. The average molecular weight is 198 g/mol. The number of nitrogens with one attached hydrogen (secondary N) is 1. The van der Waals surface area contributed by atoms with Crippen LogP contribution in [0.4, 0.5) is 0 Å². The molecule has 13 heavy (non-hydrogen) atoms. The molecular weight excluding hydrogens is 180 g/mol. The van der Waals surface area contributed by atoms with Gasteiger partial charge in [-0.1, -0.05) is 32.5 Å². The lowest BCUT2D eigenvalue weighted by Gasteiger charge is -2.22. The number of amidine groups is 1. The van der Waals surface area contributed by atoms with Crippen molar-refractivity contribution in [3.63, 3.8) is 0 Å². The second-order valence-corrected chi connectivity index (χ2v) is 6.05. The summed E-state index contributed by atoms with van der Waals surface area (Å²) in [4.78, 5) is 4.71. The molecule has 1 unspecified atom stereocenters. The molecule has 3 heteroatoms. The molecule has 0 spiro atoms. The van der Waals surface area contributed by atoms with Crippen LogP contribution in [-0.2, 0) is 0 Å². The van der Waals surface area contributed by atoms with Gasteiger partial charge < -0.3 is 5.32 Å². The van der Waals surface area contributed by atoms with Gasteiger partial charge in [0.2, 0.25) is 0 Å². The number of rotatable bonds is 1. The highest BCUT2D eigenvalue weighted by atomic mass is 32.2. The summed E-state index contributed by atoms with van der Waals surface area (Å²) in [5.41, 5.74) is 0.319. The lowest BCUT2D eigenvalue weighted by atomic mass is 9.88. The van der Waals surface area contributed by atoms with Crippen LogP contribution in [0.3, 0.4) is 0 Å². The van der Waals surface area contributed by atoms with E-state index >= 15 is 0 Å². The largest absolute Gasteiger partial charge is 0.362 e. The van der Waals surface area contributed by atoms with Crippen LogP contribution in [-0.4, -0.2) is 23.0 Å². The monoisotopic (exact) mass is 198 g/mol. The number of aliphatic imine (C=N–C) groups is 1. The second kappa shape index (κ2) is 3.19. The Morgan fingerprint density at radius 3 is 2.54 bits per heavy atom.